The number of likely N-dealkylation sites (tertiary alicyclic amines) is 1. The minimum atomic E-state index is 0. The van der Waals surface area contributed by atoms with Crippen LogP contribution in [-0.2, 0) is 0 Å². The first-order valence-corrected chi connectivity index (χ1v) is 7.03. The first-order chi connectivity index (χ1) is 7.86. The van der Waals surface area contributed by atoms with Gasteiger partial charge in [-0.05, 0) is 37.4 Å². The largest absolute Gasteiger partial charge is 0.303 e. The minimum Gasteiger partial charge on any atom is -0.303 e. The highest BCUT2D eigenvalue weighted by atomic mass is 35.5. The average molecular weight is 274 g/mol. The Balaban J connectivity index is 0.00000144. The van der Waals surface area contributed by atoms with Gasteiger partial charge in [0, 0.05) is 13.0 Å². The summed E-state index contributed by atoms with van der Waals surface area (Å²) in [5.41, 5.74) is 0. The van der Waals surface area contributed by atoms with E-state index < -0.39 is 0 Å². The van der Waals surface area contributed by atoms with E-state index in [1.165, 1.54) is 38.8 Å². The highest BCUT2D eigenvalue weighted by molar-refractivity contribution is 7.12. The molecule has 1 aromatic rings. The van der Waals surface area contributed by atoms with Crippen LogP contribution in [0.3, 0.4) is 0 Å². The van der Waals surface area contributed by atoms with Crippen molar-refractivity contribution in [2.24, 2.45) is 0 Å². The molecule has 0 atom stereocenters. The quantitative estimate of drug-likeness (QED) is 0.781. The van der Waals surface area contributed by atoms with Crippen molar-refractivity contribution in [3.05, 3.63) is 22.4 Å². The van der Waals surface area contributed by atoms with Crippen molar-refractivity contribution in [3.63, 3.8) is 0 Å². The molecule has 1 aliphatic heterocycles. The van der Waals surface area contributed by atoms with Crippen LogP contribution in [0.5, 0.6) is 0 Å². The lowest BCUT2D eigenvalue weighted by Gasteiger charge is -2.18. The molecule has 17 heavy (non-hydrogen) atoms. The van der Waals surface area contributed by atoms with E-state index in [1.807, 2.05) is 17.5 Å². The molecule has 4 heteroatoms. The summed E-state index contributed by atoms with van der Waals surface area (Å²) in [6, 6.07) is 3.87. The van der Waals surface area contributed by atoms with Crippen LogP contribution < -0.4 is 0 Å². The third-order valence-corrected chi connectivity index (χ3v) is 4.06. The normalized spacial score (nSPS) is 17.2. The number of ketones is 1. The zero-order valence-electron chi connectivity index (χ0n) is 10.1. The van der Waals surface area contributed by atoms with Crippen LogP contribution in [-0.4, -0.2) is 30.3 Å². The van der Waals surface area contributed by atoms with Crippen molar-refractivity contribution in [2.45, 2.75) is 32.1 Å². The van der Waals surface area contributed by atoms with Crippen LogP contribution in [0.4, 0.5) is 0 Å². The van der Waals surface area contributed by atoms with Gasteiger partial charge in [-0.25, -0.2) is 0 Å². The van der Waals surface area contributed by atoms with E-state index in [-0.39, 0.29) is 12.4 Å². The number of hydrogen-bond donors (Lipinski definition) is 0. The summed E-state index contributed by atoms with van der Waals surface area (Å²) >= 11 is 1.55. The Morgan fingerprint density at radius 1 is 1.24 bits per heavy atom. The first kappa shape index (κ1) is 14.7. The molecule has 0 N–H and O–H groups in total. The molecule has 2 nitrogen and oxygen atoms in total. The topological polar surface area (TPSA) is 20.3 Å². The van der Waals surface area contributed by atoms with E-state index in [0.717, 1.165) is 11.4 Å². The molecule has 0 unspecified atom stereocenters. The van der Waals surface area contributed by atoms with Gasteiger partial charge in [0.1, 0.15) is 0 Å². The van der Waals surface area contributed by atoms with Crippen molar-refractivity contribution in [1.82, 2.24) is 4.90 Å². The van der Waals surface area contributed by atoms with E-state index >= 15 is 0 Å². The third kappa shape index (κ3) is 4.78. The third-order valence-electron chi connectivity index (χ3n) is 3.15. The van der Waals surface area contributed by atoms with Gasteiger partial charge in [-0.3, -0.25) is 4.79 Å². The number of rotatable bonds is 4. The van der Waals surface area contributed by atoms with Crippen molar-refractivity contribution in [2.75, 3.05) is 19.6 Å². The molecule has 96 valence electrons. The Hall–Kier alpha value is -0.380. The monoisotopic (exact) mass is 273 g/mol. The Bertz CT molecular complexity index is 318. The number of carbonyl (C=O) groups is 1. The second-order valence-corrected chi connectivity index (χ2v) is 5.35. The fourth-order valence-corrected chi connectivity index (χ4v) is 2.87. The van der Waals surface area contributed by atoms with Gasteiger partial charge < -0.3 is 4.90 Å². The number of hydrogen-bond acceptors (Lipinski definition) is 3. The lowest BCUT2D eigenvalue weighted by Crippen LogP contribution is -2.27. The van der Waals surface area contributed by atoms with E-state index in [0.29, 0.717) is 12.2 Å². The van der Waals surface area contributed by atoms with E-state index in [4.69, 9.17) is 0 Å². The van der Waals surface area contributed by atoms with Crippen molar-refractivity contribution in [3.8, 4) is 0 Å². The summed E-state index contributed by atoms with van der Waals surface area (Å²) in [5, 5.41) is 1.97. The fourth-order valence-electron chi connectivity index (χ4n) is 2.18. The number of thiophene rings is 1. The van der Waals surface area contributed by atoms with Crippen LogP contribution in [0.2, 0.25) is 0 Å². The maximum absolute atomic E-state index is 11.8. The fraction of sp³-hybridized carbons (Fsp3) is 0.615. The maximum Gasteiger partial charge on any atom is 0.174 e. The van der Waals surface area contributed by atoms with Gasteiger partial charge in [0.05, 0.1) is 4.88 Å². The summed E-state index contributed by atoms with van der Waals surface area (Å²) in [4.78, 5) is 15.2. The van der Waals surface area contributed by atoms with Crippen LogP contribution in [0.1, 0.15) is 41.8 Å². The van der Waals surface area contributed by atoms with Crippen LogP contribution >= 0.6 is 23.7 Å². The van der Waals surface area contributed by atoms with Crippen LogP contribution in [0.25, 0.3) is 0 Å². The molecule has 1 fully saturated rings. The Morgan fingerprint density at radius 2 is 1.94 bits per heavy atom. The molecule has 0 aliphatic carbocycles. The summed E-state index contributed by atoms with van der Waals surface area (Å²) in [6.07, 6.45) is 5.99. The summed E-state index contributed by atoms with van der Waals surface area (Å²) in [6.45, 7) is 3.30. The second kappa shape index (κ2) is 7.85. The second-order valence-electron chi connectivity index (χ2n) is 4.41. The summed E-state index contributed by atoms with van der Waals surface area (Å²) in [5.74, 6) is 0.305. The molecule has 0 saturated carbocycles. The summed E-state index contributed by atoms with van der Waals surface area (Å²) < 4.78 is 0. The molecule has 2 rings (SSSR count). The lowest BCUT2D eigenvalue weighted by atomic mass is 10.2. The minimum absolute atomic E-state index is 0. The molecular weight excluding hydrogens is 254 g/mol. The van der Waals surface area contributed by atoms with Crippen LogP contribution in [0.15, 0.2) is 17.5 Å². The molecule has 1 saturated heterocycles. The standard InChI is InChI=1S/C13H19NOS.ClH/c15-12(13-6-5-11-16-13)7-10-14-8-3-1-2-4-9-14;/h5-6,11H,1-4,7-10H2;1H. The van der Waals surface area contributed by atoms with Gasteiger partial charge in [-0.15, -0.1) is 23.7 Å². The molecule has 0 spiro atoms. The zero-order chi connectivity index (χ0) is 11.2. The van der Waals surface area contributed by atoms with Gasteiger partial charge in [-0.2, -0.15) is 0 Å². The lowest BCUT2D eigenvalue weighted by molar-refractivity contribution is 0.0969. The average Bonchev–Trinajstić information content (AvgIpc) is 2.71. The number of halogens is 1. The SMILES string of the molecule is Cl.O=C(CCN1CCCCCC1)c1cccs1. The predicted octanol–water partition coefficient (Wildman–Crippen LogP) is 3.62. The highest BCUT2D eigenvalue weighted by Crippen LogP contribution is 2.13. The highest BCUT2D eigenvalue weighted by Gasteiger charge is 2.12. The zero-order valence-corrected chi connectivity index (χ0v) is 11.7. The summed E-state index contributed by atoms with van der Waals surface area (Å²) in [7, 11) is 0. The van der Waals surface area contributed by atoms with Crippen molar-refractivity contribution in [1.29, 1.82) is 0 Å². The molecule has 1 aliphatic rings. The van der Waals surface area contributed by atoms with Gasteiger partial charge in [-0.1, -0.05) is 18.9 Å². The maximum atomic E-state index is 11.8. The van der Waals surface area contributed by atoms with Crippen LogP contribution in [0, 0.1) is 0 Å². The van der Waals surface area contributed by atoms with Gasteiger partial charge >= 0.3 is 0 Å². The van der Waals surface area contributed by atoms with E-state index in [9.17, 15) is 4.79 Å². The number of nitrogens with zero attached hydrogens (tertiary/aromatic N) is 1. The predicted molar refractivity (Wildman–Crippen MR) is 75.4 cm³/mol. The molecule has 0 aromatic carbocycles. The Kier molecular flexibility index (Phi) is 6.78. The Morgan fingerprint density at radius 3 is 2.53 bits per heavy atom. The van der Waals surface area contributed by atoms with Crippen molar-refractivity contribution >= 4 is 29.5 Å². The van der Waals surface area contributed by atoms with E-state index in [1.54, 1.807) is 11.3 Å². The molecular formula is C13H20ClNOS. The molecule has 2 heterocycles. The molecule has 0 bridgehead atoms. The number of carbonyl (C=O) groups excluding carboxylic acids is 1. The van der Waals surface area contributed by atoms with Crippen molar-refractivity contribution < 1.29 is 4.79 Å². The van der Waals surface area contributed by atoms with Gasteiger partial charge in [0.2, 0.25) is 0 Å². The Labute approximate surface area is 113 Å². The molecule has 1 aromatic heterocycles. The number of Topliss-reactive ketones (excluding diaryl/α,β-unsaturated/α-hetero) is 1. The molecule has 0 radical (unpaired) electrons. The van der Waals surface area contributed by atoms with E-state index in [2.05, 4.69) is 4.90 Å². The van der Waals surface area contributed by atoms with Gasteiger partial charge in [0.25, 0.3) is 0 Å². The molecule has 0 amide bonds. The first-order valence-electron chi connectivity index (χ1n) is 6.15. The van der Waals surface area contributed by atoms with Gasteiger partial charge in [0.15, 0.2) is 5.78 Å². The smallest absolute Gasteiger partial charge is 0.174 e.